The third-order valence-corrected chi connectivity index (χ3v) is 3.52. The Morgan fingerprint density at radius 1 is 1.24 bits per heavy atom. The standard InChI is InChI=1S/C16H19NO4/c1-5-17-13-9-11(20-4)7-8-12(13)10(3)14(17)15(18)16(19)21-6-2/h7-9H,5-6H2,1-4H3. The number of ether oxygens (including phenoxy) is 2. The van der Waals surface area contributed by atoms with Crippen molar-refractivity contribution in [2.24, 2.45) is 0 Å². The lowest BCUT2D eigenvalue weighted by molar-refractivity contribution is -0.137. The van der Waals surface area contributed by atoms with Crippen LogP contribution >= 0.6 is 0 Å². The van der Waals surface area contributed by atoms with Crippen molar-refractivity contribution >= 4 is 22.7 Å². The van der Waals surface area contributed by atoms with Crippen LogP contribution < -0.4 is 4.74 Å². The van der Waals surface area contributed by atoms with Crippen molar-refractivity contribution in [1.82, 2.24) is 4.57 Å². The Morgan fingerprint density at radius 3 is 2.52 bits per heavy atom. The smallest absolute Gasteiger partial charge is 0.381 e. The Morgan fingerprint density at radius 2 is 1.95 bits per heavy atom. The van der Waals surface area contributed by atoms with Gasteiger partial charge in [-0.15, -0.1) is 0 Å². The maximum atomic E-state index is 12.3. The minimum Gasteiger partial charge on any atom is -0.497 e. The van der Waals surface area contributed by atoms with Crippen molar-refractivity contribution in [2.45, 2.75) is 27.3 Å². The molecule has 112 valence electrons. The van der Waals surface area contributed by atoms with Crippen molar-refractivity contribution in [3.8, 4) is 5.75 Å². The van der Waals surface area contributed by atoms with Gasteiger partial charge in [-0.25, -0.2) is 4.79 Å². The molecule has 0 amide bonds. The fourth-order valence-electron chi connectivity index (χ4n) is 2.54. The zero-order valence-electron chi connectivity index (χ0n) is 12.7. The fourth-order valence-corrected chi connectivity index (χ4v) is 2.54. The average molecular weight is 289 g/mol. The van der Waals surface area contributed by atoms with Crippen LogP contribution in [0.1, 0.15) is 29.9 Å². The van der Waals surface area contributed by atoms with E-state index in [0.717, 1.165) is 16.5 Å². The first-order valence-electron chi connectivity index (χ1n) is 6.93. The molecular formula is C16H19NO4. The van der Waals surface area contributed by atoms with Gasteiger partial charge in [0, 0.05) is 18.0 Å². The highest BCUT2D eigenvalue weighted by Gasteiger charge is 2.26. The number of nitrogens with zero attached hydrogens (tertiary/aromatic N) is 1. The summed E-state index contributed by atoms with van der Waals surface area (Å²) in [5.41, 5.74) is 2.05. The molecule has 0 spiro atoms. The van der Waals surface area contributed by atoms with Gasteiger partial charge in [-0.2, -0.15) is 0 Å². The van der Waals surface area contributed by atoms with Crippen LogP contribution in [0.4, 0.5) is 0 Å². The Balaban J connectivity index is 2.65. The molecule has 0 aliphatic rings. The van der Waals surface area contributed by atoms with E-state index in [4.69, 9.17) is 9.47 Å². The predicted octanol–water partition coefficient (Wildman–Crippen LogP) is 2.72. The zero-order chi connectivity index (χ0) is 15.6. The van der Waals surface area contributed by atoms with Crippen LogP contribution in [0.2, 0.25) is 0 Å². The third-order valence-electron chi connectivity index (χ3n) is 3.52. The normalized spacial score (nSPS) is 10.7. The number of ketones is 1. The highest BCUT2D eigenvalue weighted by atomic mass is 16.5. The molecule has 0 atom stereocenters. The summed E-state index contributed by atoms with van der Waals surface area (Å²) in [7, 11) is 1.60. The van der Waals surface area contributed by atoms with Crippen molar-refractivity contribution in [2.75, 3.05) is 13.7 Å². The molecule has 0 saturated heterocycles. The summed E-state index contributed by atoms with van der Waals surface area (Å²) in [6, 6.07) is 5.61. The SMILES string of the molecule is CCOC(=O)C(=O)c1c(C)c2ccc(OC)cc2n1CC. The van der Waals surface area contributed by atoms with Gasteiger partial charge >= 0.3 is 5.97 Å². The molecule has 21 heavy (non-hydrogen) atoms. The van der Waals surface area contributed by atoms with Crippen LogP contribution in [0.5, 0.6) is 5.75 Å². The number of fused-ring (bicyclic) bond motifs is 1. The van der Waals surface area contributed by atoms with E-state index < -0.39 is 11.8 Å². The molecule has 0 saturated carbocycles. The molecule has 5 heteroatoms. The van der Waals surface area contributed by atoms with E-state index in [-0.39, 0.29) is 6.61 Å². The summed E-state index contributed by atoms with van der Waals surface area (Å²) in [4.78, 5) is 24.1. The Bertz CT molecular complexity index is 700. The van der Waals surface area contributed by atoms with Crippen LogP contribution in [-0.4, -0.2) is 30.0 Å². The fraction of sp³-hybridized carbons (Fsp3) is 0.375. The predicted molar refractivity (Wildman–Crippen MR) is 79.9 cm³/mol. The maximum absolute atomic E-state index is 12.3. The van der Waals surface area contributed by atoms with Gasteiger partial charge in [-0.05, 0) is 38.5 Å². The van der Waals surface area contributed by atoms with Gasteiger partial charge < -0.3 is 14.0 Å². The van der Waals surface area contributed by atoms with Gasteiger partial charge in [0.15, 0.2) is 0 Å². The summed E-state index contributed by atoms with van der Waals surface area (Å²) >= 11 is 0. The van der Waals surface area contributed by atoms with Gasteiger partial charge in [0.05, 0.1) is 19.2 Å². The molecule has 1 aromatic carbocycles. The van der Waals surface area contributed by atoms with E-state index in [9.17, 15) is 9.59 Å². The molecule has 2 aromatic rings. The number of methoxy groups -OCH3 is 1. The highest BCUT2D eigenvalue weighted by Crippen LogP contribution is 2.29. The number of carbonyl (C=O) groups excluding carboxylic acids is 2. The minimum atomic E-state index is -0.815. The summed E-state index contributed by atoms with van der Waals surface area (Å²) in [5, 5.41) is 0.935. The second kappa shape index (κ2) is 5.99. The monoisotopic (exact) mass is 289 g/mol. The largest absolute Gasteiger partial charge is 0.497 e. The molecule has 2 rings (SSSR count). The Kier molecular flexibility index (Phi) is 4.31. The lowest BCUT2D eigenvalue weighted by Crippen LogP contribution is -2.21. The van der Waals surface area contributed by atoms with Gasteiger partial charge in [0.2, 0.25) is 0 Å². The summed E-state index contributed by atoms with van der Waals surface area (Å²) in [6.07, 6.45) is 0. The Labute approximate surface area is 123 Å². The third kappa shape index (κ3) is 2.51. The van der Waals surface area contributed by atoms with Crippen LogP contribution in [-0.2, 0) is 16.1 Å². The first-order chi connectivity index (χ1) is 10.0. The molecule has 0 radical (unpaired) electrons. The lowest BCUT2D eigenvalue weighted by Gasteiger charge is -2.08. The molecule has 0 aliphatic heterocycles. The first-order valence-corrected chi connectivity index (χ1v) is 6.93. The molecule has 0 unspecified atom stereocenters. The number of hydrogen-bond donors (Lipinski definition) is 0. The van der Waals surface area contributed by atoms with E-state index in [1.54, 1.807) is 14.0 Å². The number of carbonyl (C=O) groups is 2. The van der Waals surface area contributed by atoms with Gasteiger partial charge in [-0.1, -0.05) is 0 Å². The molecule has 1 aromatic heterocycles. The maximum Gasteiger partial charge on any atom is 0.381 e. The van der Waals surface area contributed by atoms with Gasteiger partial charge in [0.1, 0.15) is 11.4 Å². The van der Waals surface area contributed by atoms with Crippen LogP contribution in [0.25, 0.3) is 10.9 Å². The van der Waals surface area contributed by atoms with E-state index >= 15 is 0 Å². The topological polar surface area (TPSA) is 57.5 Å². The van der Waals surface area contributed by atoms with Gasteiger partial charge in [0.25, 0.3) is 5.78 Å². The van der Waals surface area contributed by atoms with Crippen LogP contribution in [0.3, 0.4) is 0 Å². The number of aromatic nitrogens is 1. The average Bonchev–Trinajstić information content (AvgIpc) is 2.78. The molecule has 0 N–H and O–H groups in total. The van der Waals surface area contributed by atoms with Crippen LogP contribution in [0.15, 0.2) is 18.2 Å². The Hall–Kier alpha value is -2.30. The summed E-state index contributed by atoms with van der Waals surface area (Å²) < 4.78 is 11.9. The minimum absolute atomic E-state index is 0.184. The molecule has 0 aliphatic carbocycles. The van der Waals surface area contributed by atoms with Crippen molar-refractivity contribution < 1.29 is 19.1 Å². The van der Waals surface area contributed by atoms with Crippen molar-refractivity contribution in [3.05, 3.63) is 29.5 Å². The number of hydrogen-bond acceptors (Lipinski definition) is 4. The van der Waals surface area contributed by atoms with E-state index in [0.29, 0.717) is 18.0 Å². The second-order valence-corrected chi connectivity index (χ2v) is 4.65. The van der Waals surface area contributed by atoms with Gasteiger partial charge in [-0.3, -0.25) is 4.79 Å². The number of aryl methyl sites for hydroxylation is 2. The van der Waals surface area contributed by atoms with E-state index in [2.05, 4.69) is 0 Å². The second-order valence-electron chi connectivity index (χ2n) is 4.65. The molecule has 0 fully saturated rings. The number of benzene rings is 1. The molecule has 5 nitrogen and oxygen atoms in total. The van der Waals surface area contributed by atoms with Crippen molar-refractivity contribution in [1.29, 1.82) is 0 Å². The molecule has 0 bridgehead atoms. The summed E-state index contributed by atoms with van der Waals surface area (Å²) in [5.74, 6) is -0.707. The van der Waals surface area contributed by atoms with E-state index in [1.165, 1.54) is 0 Å². The number of esters is 1. The summed E-state index contributed by atoms with van der Waals surface area (Å²) in [6.45, 7) is 6.22. The molecule has 1 heterocycles. The first kappa shape index (κ1) is 15.1. The highest BCUT2D eigenvalue weighted by molar-refractivity contribution is 6.41. The van der Waals surface area contributed by atoms with Crippen LogP contribution in [0, 0.1) is 6.92 Å². The molecular weight excluding hydrogens is 270 g/mol. The van der Waals surface area contributed by atoms with E-state index in [1.807, 2.05) is 36.6 Å². The lowest BCUT2D eigenvalue weighted by atomic mass is 10.1. The van der Waals surface area contributed by atoms with Crippen molar-refractivity contribution in [3.63, 3.8) is 0 Å². The number of Topliss-reactive ketones (excluding diaryl/α,β-unsaturated/α-hetero) is 1. The quantitative estimate of drug-likeness (QED) is 0.482. The zero-order valence-corrected chi connectivity index (χ0v) is 12.7. The number of rotatable bonds is 5.